The Kier molecular flexibility index (Phi) is 14.7. The third kappa shape index (κ3) is 12.6. The number of carbonyl (C=O) groups excluding carboxylic acids is 1. The summed E-state index contributed by atoms with van der Waals surface area (Å²) in [5.41, 5.74) is 1.84. The van der Waals surface area contributed by atoms with E-state index in [9.17, 15) is 9.59 Å². The summed E-state index contributed by atoms with van der Waals surface area (Å²) in [5.74, 6) is -1.31. The summed E-state index contributed by atoms with van der Waals surface area (Å²) >= 11 is 0. The van der Waals surface area contributed by atoms with Gasteiger partial charge < -0.3 is 5.11 Å². The number of ketones is 1. The maximum atomic E-state index is 12.0. The fourth-order valence-electron chi connectivity index (χ4n) is 3.70. The molecule has 1 rings (SSSR count). The van der Waals surface area contributed by atoms with Crippen LogP contribution in [0.25, 0.3) is 0 Å². The summed E-state index contributed by atoms with van der Waals surface area (Å²) in [7, 11) is 0. The summed E-state index contributed by atoms with van der Waals surface area (Å²) in [6, 6.07) is 7.57. The standard InChI is InChI=1S/C27H42O3/c1-3-4-5-6-7-8-9-10-11-12-13-14-15-16-17-24-18-20-25(21-19-24)26(28)22-23(2)27(29)30/h18-22H,3-17H2,1-2H3,(H,29,30)/b23-22+. The molecule has 0 atom stereocenters. The molecule has 1 N–H and O–H groups in total. The van der Waals surface area contributed by atoms with Crippen molar-refractivity contribution < 1.29 is 14.7 Å². The molecule has 0 aliphatic rings. The highest BCUT2D eigenvalue weighted by Crippen LogP contribution is 2.15. The Morgan fingerprint density at radius 3 is 1.60 bits per heavy atom. The molecule has 0 unspecified atom stereocenters. The molecule has 0 aromatic heterocycles. The number of unbranched alkanes of at least 4 members (excludes halogenated alkanes) is 13. The number of aryl methyl sites for hydroxylation is 1. The third-order valence-electron chi connectivity index (χ3n) is 5.74. The van der Waals surface area contributed by atoms with Crippen molar-refractivity contribution in [1.29, 1.82) is 0 Å². The van der Waals surface area contributed by atoms with Crippen LogP contribution in [0, 0.1) is 0 Å². The van der Waals surface area contributed by atoms with E-state index in [0.717, 1.165) is 6.42 Å². The van der Waals surface area contributed by atoms with Gasteiger partial charge in [-0.1, -0.05) is 115 Å². The van der Waals surface area contributed by atoms with Crippen LogP contribution >= 0.6 is 0 Å². The van der Waals surface area contributed by atoms with Crippen LogP contribution in [0.3, 0.4) is 0 Å². The van der Waals surface area contributed by atoms with Gasteiger partial charge in [-0.25, -0.2) is 4.79 Å². The van der Waals surface area contributed by atoms with Crippen molar-refractivity contribution in [2.45, 2.75) is 110 Å². The van der Waals surface area contributed by atoms with Gasteiger partial charge in [-0.2, -0.15) is 0 Å². The molecule has 3 nitrogen and oxygen atoms in total. The van der Waals surface area contributed by atoms with Crippen LogP contribution in [0.5, 0.6) is 0 Å². The minimum atomic E-state index is -1.06. The Morgan fingerprint density at radius 1 is 0.733 bits per heavy atom. The largest absolute Gasteiger partial charge is 0.478 e. The van der Waals surface area contributed by atoms with Gasteiger partial charge in [0.15, 0.2) is 5.78 Å². The molecular weight excluding hydrogens is 372 g/mol. The van der Waals surface area contributed by atoms with Gasteiger partial charge in [0, 0.05) is 11.1 Å². The van der Waals surface area contributed by atoms with Gasteiger partial charge in [0.2, 0.25) is 0 Å². The maximum Gasteiger partial charge on any atom is 0.331 e. The van der Waals surface area contributed by atoms with Crippen molar-refractivity contribution in [2.24, 2.45) is 0 Å². The van der Waals surface area contributed by atoms with Gasteiger partial charge in [-0.15, -0.1) is 0 Å². The lowest BCUT2D eigenvalue weighted by Gasteiger charge is -2.04. The lowest BCUT2D eigenvalue weighted by atomic mass is 10.0. The molecule has 0 bridgehead atoms. The first-order valence-electron chi connectivity index (χ1n) is 12.1. The molecule has 0 saturated heterocycles. The highest BCUT2D eigenvalue weighted by Gasteiger charge is 2.07. The molecule has 0 aliphatic carbocycles. The number of carboxylic acid groups (broad SMARTS) is 1. The number of carboxylic acids is 1. The van der Waals surface area contributed by atoms with E-state index in [0.29, 0.717) is 5.56 Å². The number of allylic oxidation sites excluding steroid dienone is 1. The number of hydrogen-bond acceptors (Lipinski definition) is 2. The lowest BCUT2D eigenvalue weighted by Crippen LogP contribution is -2.02. The zero-order valence-corrected chi connectivity index (χ0v) is 19.3. The van der Waals surface area contributed by atoms with Crippen LogP contribution < -0.4 is 0 Å². The Hall–Kier alpha value is -1.90. The van der Waals surface area contributed by atoms with Gasteiger partial charge in [-0.05, 0) is 31.4 Å². The van der Waals surface area contributed by atoms with Crippen molar-refractivity contribution in [1.82, 2.24) is 0 Å². The Balaban J connectivity index is 2.04. The van der Waals surface area contributed by atoms with Gasteiger partial charge in [0.05, 0.1) is 0 Å². The van der Waals surface area contributed by atoms with Crippen molar-refractivity contribution in [3.05, 3.63) is 47.0 Å². The molecule has 30 heavy (non-hydrogen) atoms. The average molecular weight is 415 g/mol. The fourth-order valence-corrected chi connectivity index (χ4v) is 3.70. The molecular formula is C27H42O3. The Bertz CT molecular complexity index is 628. The minimum Gasteiger partial charge on any atom is -0.478 e. The van der Waals surface area contributed by atoms with Gasteiger partial charge in [-0.3, -0.25) is 4.79 Å². The second kappa shape index (κ2) is 16.8. The highest BCUT2D eigenvalue weighted by atomic mass is 16.4. The first kappa shape index (κ1) is 26.1. The zero-order valence-electron chi connectivity index (χ0n) is 19.3. The Labute approximate surface area is 184 Å². The zero-order chi connectivity index (χ0) is 22.0. The van der Waals surface area contributed by atoms with Crippen LogP contribution in [-0.2, 0) is 11.2 Å². The van der Waals surface area contributed by atoms with E-state index in [4.69, 9.17) is 5.11 Å². The normalized spacial score (nSPS) is 11.6. The highest BCUT2D eigenvalue weighted by molar-refractivity contribution is 6.08. The predicted molar refractivity (Wildman–Crippen MR) is 126 cm³/mol. The summed E-state index contributed by atoms with van der Waals surface area (Å²) in [6.45, 7) is 3.71. The van der Waals surface area contributed by atoms with E-state index in [2.05, 4.69) is 6.92 Å². The average Bonchev–Trinajstić information content (AvgIpc) is 2.74. The van der Waals surface area contributed by atoms with Gasteiger partial charge in [0.1, 0.15) is 0 Å². The predicted octanol–water partition coefficient (Wildman–Crippen LogP) is 7.92. The molecule has 0 saturated carbocycles. The first-order valence-corrected chi connectivity index (χ1v) is 12.1. The van der Waals surface area contributed by atoms with E-state index in [1.54, 1.807) is 12.1 Å². The number of hydrogen-bond donors (Lipinski definition) is 1. The van der Waals surface area contributed by atoms with E-state index in [1.165, 1.54) is 108 Å². The Morgan fingerprint density at radius 2 is 1.17 bits per heavy atom. The fraction of sp³-hybridized carbons (Fsp3) is 0.630. The number of carbonyl (C=O) groups is 2. The van der Waals surface area contributed by atoms with Gasteiger partial charge >= 0.3 is 5.97 Å². The SMILES string of the molecule is CCCCCCCCCCCCCCCCc1ccc(C(=O)/C=C(\C)C(=O)O)cc1. The molecule has 0 amide bonds. The summed E-state index contributed by atoms with van der Waals surface area (Å²) in [5, 5.41) is 8.86. The van der Waals surface area contributed by atoms with Crippen molar-refractivity contribution in [3.8, 4) is 0 Å². The number of benzene rings is 1. The molecule has 3 heteroatoms. The van der Waals surface area contributed by atoms with Crippen molar-refractivity contribution >= 4 is 11.8 Å². The van der Waals surface area contributed by atoms with E-state index >= 15 is 0 Å². The van der Waals surface area contributed by atoms with Crippen LogP contribution in [0.1, 0.15) is 120 Å². The van der Waals surface area contributed by atoms with E-state index in [1.807, 2.05) is 12.1 Å². The second-order valence-corrected chi connectivity index (χ2v) is 8.54. The van der Waals surface area contributed by atoms with Crippen LogP contribution in [0.15, 0.2) is 35.9 Å². The molecule has 0 fully saturated rings. The molecule has 0 radical (unpaired) electrons. The first-order chi connectivity index (χ1) is 14.5. The van der Waals surface area contributed by atoms with E-state index in [-0.39, 0.29) is 11.4 Å². The molecule has 168 valence electrons. The molecule has 0 spiro atoms. The number of aliphatic carboxylic acids is 1. The molecule has 0 aliphatic heterocycles. The lowest BCUT2D eigenvalue weighted by molar-refractivity contribution is -0.132. The summed E-state index contributed by atoms with van der Waals surface area (Å²) in [4.78, 5) is 22.8. The van der Waals surface area contributed by atoms with Crippen molar-refractivity contribution in [3.63, 3.8) is 0 Å². The number of rotatable bonds is 18. The summed E-state index contributed by atoms with van der Waals surface area (Å²) < 4.78 is 0. The molecule has 1 aromatic rings. The second-order valence-electron chi connectivity index (χ2n) is 8.54. The van der Waals surface area contributed by atoms with Crippen LogP contribution in [-0.4, -0.2) is 16.9 Å². The van der Waals surface area contributed by atoms with E-state index < -0.39 is 5.97 Å². The van der Waals surface area contributed by atoms with Crippen molar-refractivity contribution in [2.75, 3.05) is 0 Å². The topological polar surface area (TPSA) is 54.4 Å². The maximum absolute atomic E-state index is 12.0. The van der Waals surface area contributed by atoms with Crippen LogP contribution in [0.2, 0.25) is 0 Å². The smallest absolute Gasteiger partial charge is 0.331 e. The third-order valence-corrected chi connectivity index (χ3v) is 5.74. The monoisotopic (exact) mass is 414 g/mol. The minimum absolute atomic E-state index is 0.0616. The quantitative estimate of drug-likeness (QED) is 0.151. The molecule has 0 heterocycles. The van der Waals surface area contributed by atoms with Gasteiger partial charge in [0.25, 0.3) is 0 Å². The summed E-state index contributed by atoms with van der Waals surface area (Å²) in [6.07, 6.45) is 21.3. The van der Waals surface area contributed by atoms with Crippen LogP contribution in [0.4, 0.5) is 0 Å². The molecule has 1 aromatic carbocycles.